The SMILES string of the molecule is CCCCCCCCCCCCCCCCCCCCCCC(=O)O[C@H](COC(=O)CCCCCCCCC)COP(=O)([O-])OCC[N+](C)(C)C. The van der Waals surface area contributed by atoms with E-state index in [4.69, 9.17) is 18.5 Å². The van der Waals surface area contributed by atoms with E-state index in [2.05, 4.69) is 13.8 Å². The van der Waals surface area contributed by atoms with Gasteiger partial charge in [-0.3, -0.25) is 14.2 Å². The largest absolute Gasteiger partial charge is 0.756 e. The number of phosphoric acid groups is 1. The first kappa shape index (κ1) is 50.0. The van der Waals surface area contributed by atoms with Crippen LogP contribution in [0.1, 0.15) is 200 Å². The van der Waals surface area contributed by atoms with Crippen LogP contribution >= 0.6 is 7.82 Å². The summed E-state index contributed by atoms with van der Waals surface area (Å²) in [6.45, 7) is 4.20. The Morgan fingerprint density at radius 3 is 1.25 bits per heavy atom. The fourth-order valence-electron chi connectivity index (χ4n) is 6.01. The van der Waals surface area contributed by atoms with Crippen LogP contribution in [0.2, 0.25) is 0 Å². The smallest absolute Gasteiger partial charge is 0.306 e. The number of quaternary nitrogens is 1. The summed E-state index contributed by atoms with van der Waals surface area (Å²) in [6, 6.07) is 0. The number of esters is 2. The van der Waals surface area contributed by atoms with Crippen LogP contribution in [-0.4, -0.2) is 70.0 Å². The Hall–Kier alpha value is -0.990. The summed E-state index contributed by atoms with van der Waals surface area (Å²) in [5.74, 6) is -0.830. The molecule has 0 aliphatic rings. The van der Waals surface area contributed by atoms with Gasteiger partial charge in [-0.2, -0.15) is 0 Å². The first-order valence-electron chi connectivity index (χ1n) is 21.2. The van der Waals surface area contributed by atoms with Crippen molar-refractivity contribution in [3.8, 4) is 0 Å². The standard InChI is InChI=1S/C41H82NO8P/c1-6-8-10-12-14-15-16-17-18-19-20-21-22-23-24-25-26-28-30-32-34-41(44)50-39(38-49-51(45,46)48-36-35-42(3,4)5)37-47-40(43)33-31-29-27-13-11-9-7-2/h39H,6-38H2,1-5H3/t39-/m1/s1. The monoisotopic (exact) mass is 748 g/mol. The minimum absolute atomic E-state index is 0.0262. The van der Waals surface area contributed by atoms with Crippen molar-refractivity contribution < 1.29 is 42.1 Å². The Labute approximate surface area is 314 Å². The molecule has 1 unspecified atom stereocenters. The van der Waals surface area contributed by atoms with Gasteiger partial charge in [-0.15, -0.1) is 0 Å². The molecule has 0 heterocycles. The highest BCUT2D eigenvalue weighted by Gasteiger charge is 2.21. The Morgan fingerprint density at radius 2 is 0.882 bits per heavy atom. The summed E-state index contributed by atoms with van der Waals surface area (Å²) >= 11 is 0. The number of hydrogen-bond acceptors (Lipinski definition) is 8. The predicted molar refractivity (Wildman–Crippen MR) is 208 cm³/mol. The lowest BCUT2D eigenvalue weighted by atomic mass is 10.0. The quantitative estimate of drug-likeness (QED) is 0.0264. The van der Waals surface area contributed by atoms with Crippen molar-refractivity contribution in [2.24, 2.45) is 0 Å². The zero-order chi connectivity index (χ0) is 37.9. The lowest BCUT2D eigenvalue weighted by molar-refractivity contribution is -0.870. The molecule has 51 heavy (non-hydrogen) atoms. The van der Waals surface area contributed by atoms with E-state index in [9.17, 15) is 19.0 Å². The maximum absolute atomic E-state index is 12.6. The van der Waals surface area contributed by atoms with E-state index in [1.165, 1.54) is 135 Å². The summed E-state index contributed by atoms with van der Waals surface area (Å²) in [5.41, 5.74) is 0. The molecule has 0 spiro atoms. The Bertz CT molecular complexity index is 850. The molecule has 304 valence electrons. The van der Waals surface area contributed by atoms with Crippen molar-refractivity contribution in [2.75, 3.05) is 47.5 Å². The molecule has 2 atom stereocenters. The fourth-order valence-corrected chi connectivity index (χ4v) is 6.74. The van der Waals surface area contributed by atoms with Gasteiger partial charge in [0, 0.05) is 12.8 Å². The van der Waals surface area contributed by atoms with Crippen molar-refractivity contribution in [1.29, 1.82) is 0 Å². The molecule has 0 fully saturated rings. The van der Waals surface area contributed by atoms with Crippen molar-refractivity contribution >= 4 is 19.8 Å². The summed E-state index contributed by atoms with van der Waals surface area (Å²) in [4.78, 5) is 37.3. The lowest BCUT2D eigenvalue weighted by Crippen LogP contribution is -2.37. The van der Waals surface area contributed by atoms with Crippen LogP contribution in [0, 0.1) is 0 Å². The van der Waals surface area contributed by atoms with E-state index in [0.717, 1.165) is 32.1 Å². The van der Waals surface area contributed by atoms with E-state index in [0.29, 0.717) is 17.4 Å². The van der Waals surface area contributed by atoms with E-state index >= 15 is 0 Å². The van der Waals surface area contributed by atoms with Gasteiger partial charge in [0.05, 0.1) is 27.7 Å². The first-order valence-corrected chi connectivity index (χ1v) is 22.7. The topological polar surface area (TPSA) is 111 Å². The molecule has 10 heteroatoms. The van der Waals surface area contributed by atoms with E-state index in [1.807, 2.05) is 21.1 Å². The average Bonchev–Trinajstić information content (AvgIpc) is 3.07. The molecule has 0 bridgehead atoms. The number of ether oxygens (including phenoxy) is 2. The molecule has 0 amide bonds. The van der Waals surface area contributed by atoms with E-state index in [1.54, 1.807) is 0 Å². The van der Waals surface area contributed by atoms with Gasteiger partial charge >= 0.3 is 11.9 Å². The molecule has 0 aromatic rings. The van der Waals surface area contributed by atoms with Crippen molar-refractivity contribution in [2.45, 2.75) is 206 Å². The third-order valence-electron chi connectivity index (χ3n) is 9.38. The molecule has 0 aromatic heterocycles. The Morgan fingerprint density at radius 1 is 0.529 bits per heavy atom. The minimum atomic E-state index is -4.61. The normalized spacial score (nSPS) is 13.6. The minimum Gasteiger partial charge on any atom is -0.756 e. The van der Waals surface area contributed by atoms with Crippen LogP contribution in [0.25, 0.3) is 0 Å². The summed E-state index contributed by atoms with van der Waals surface area (Å²) in [7, 11) is 1.18. The van der Waals surface area contributed by atoms with Crippen molar-refractivity contribution in [3.63, 3.8) is 0 Å². The zero-order valence-corrected chi connectivity index (χ0v) is 35.0. The Balaban J connectivity index is 4.18. The lowest BCUT2D eigenvalue weighted by Gasteiger charge is -2.28. The molecule has 0 saturated heterocycles. The van der Waals surface area contributed by atoms with Crippen LogP contribution in [0.5, 0.6) is 0 Å². The van der Waals surface area contributed by atoms with Gasteiger partial charge in [-0.05, 0) is 12.8 Å². The van der Waals surface area contributed by atoms with Gasteiger partial charge < -0.3 is 27.9 Å². The van der Waals surface area contributed by atoms with Gasteiger partial charge in [-0.25, -0.2) is 0 Å². The molecule has 0 aromatic carbocycles. The Kier molecular flexibility index (Phi) is 34.1. The molecule has 0 saturated carbocycles. The van der Waals surface area contributed by atoms with E-state index < -0.39 is 26.5 Å². The zero-order valence-electron chi connectivity index (χ0n) is 34.1. The summed E-state index contributed by atoms with van der Waals surface area (Å²) in [6.07, 6.45) is 32.9. The maximum atomic E-state index is 12.6. The van der Waals surface area contributed by atoms with Crippen molar-refractivity contribution in [3.05, 3.63) is 0 Å². The van der Waals surface area contributed by atoms with Crippen LogP contribution in [0.3, 0.4) is 0 Å². The third-order valence-corrected chi connectivity index (χ3v) is 10.3. The second kappa shape index (κ2) is 34.8. The first-order chi connectivity index (χ1) is 24.5. The number of phosphoric ester groups is 1. The molecule has 0 radical (unpaired) electrons. The van der Waals surface area contributed by atoms with Gasteiger partial charge in [-0.1, -0.05) is 174 Å². The van der Waals surface area contributed by atoms with Gasteiger partial charge in [0.1, 0.15) is 19.8 Å². The average molecular weight is 748 g/mol. The molecule has 0 rings (SSSR count). The summed E-state index contributed by atoms with van der Waals surface area (Å²) < 4.78 is 33.7. The predicted octanol–water partition coefficient (Wildman–Crippen LogP) is 11.0. The molecular weight excluding hydrogens is 665 g/mol. The second-order valence-electron chi connectivity index (χ2n) is 15.7. The number of rotatable bonds is 39. The molecule has 0 N–H and O–H groups in total. The van der Waals surface area contributed by atoms with Crippen molar-refractivity contribution in [1.82, 2.24) is 0 Å². The number of hydrogen-bond donors (Lipinski definition) is 0. The number of likely N-dealkylation sites (N-methyl/N-ethyl adjacent to an activating group) is 1. The van der Waals surface area contributed by atoms with Crippen LogP contribution in [-0.2, 0) is 32.7 Å². The van der Waals surface area contributed by atoms with E-state index in [-0.39, 0.29) is 32.0 Å². The summed E-state index contributed by atoms with van der Waals surface area (Å²) in [5, 5.41) is 0. The molecule has 0 aliphatic carbocycles. The number of carbonyl (C=O) groups is 2. The highest BCUT2D eigenvalue weighted by atomic mass is 31.2. The number of unbranched alkanes of at least 4 members (excludes halogenated alkanes) is 25. The third kappa shape index (κ3) is 38.5. The maximum Gasteiger partial charge on any atom is 0.306 e. The van der Waals surface area contributed by atoms with Gasteiger partial charge in [0.2, 0.25) is 0 Å². The molecular formula is C41H82NO8P. The number of nitrogens with zero attached hydrogens (tertiary/aromatic N) is 1. The van der Waals surface area contributed by atoms with Crippen LogP contribution < -0.4 is 4.89 Å². The van der Waals surface area contributed by atoms with Crippen LogP contribution in [0.15, 0.2) is 0 Å². The fraction of sp³-hybridized carbons (Fsp3) is 0.951. The molecule has 9 nitrogen and oxygen atoms in total. The highest BCUT2D eigenvalue weighted by molar-refractivity contribution is 7.45. The van der Waals surface area contributed by atoms with Crippen LogP contribution in [0.4, 0.5) is 0 Å². The number of carbonyl (C=O) groups excluding carboxylic acids is 2. The second-order valence-corrected chi connectivity index (χ2v) is 17.1. The van der Waals surface area contributed by atoms with Gasteiger partial charge in [0.25, 0.3) is 7.82 Å². The molecule has 0 aliphatic heterocycles. The highest BCUT2D eigenvalue weighted by Crippen LogP contribution is 2.38. The van der Waals surface area contributed by atoms with Gasteiger partial charge in [0.15, 0.2) is 6.10 Å².